The van der Waals surface area contributed by atoms with Gasteiger partial charge in [-0.3, -0.25) is 14.4 Å². The van der Waals surface area contributed by atoms with Crippen molar-refractivity contribution < 1.29 is 22.4 Å². The molecular formula is C28H29F4N7O. The fourth-order valence-electron chi connectivity index (χ4n) is 5.02. The Kier molecular flexibility index (Phi) is 7.21. The lowest BCUT2D eigenvalue weighted by atomic mass is 10.00. The summed E-state index contributed by atoms with van der Waals surface area (Å²) >= 11 is 0. The van der Waals surface area contributed by atoms with E-state index in [1.54, 1.807) is 35.3 Å². The Morgan fingerprint density at radius 1 is 1.10 bits per heavy atom. The number of benzene rings is 2. The minimum Gasteiger partial charge on any atom is -0.322 e. The van der Waals surface area contributed by atoms with E-state index in [1.807, 2.05) is 25.8 Å². The van der Waals surface area contributed by atoms with Gasteiger partial charge in [0.1, 0.15) is 11.5 Å². The largest absolute Gasteiger partial charge is 0.419 e. The highest BCUT2D eigenvalue weighted by Crippen LogP contribution is 2.39. The first-order chi connectivity index (χ1) is 18.9. The molecule has 1 saturated heterocycles. The van der Waals surface area contributed by atoms with Gasteiger partial charge in [0.15, 0.2) is 0 Å². The van der Waals surface area contributed by atoms with Crippen molar-refractivity contribution in [1.82, 2.24) is 29.7 Å². The molecule has 0 bridgehead atoms. The number of nitrogens with one attached hydrogen (secondary N) is 1. The number of likely N-dealkylation sites (tertiary alicyclic amines) is 1. The van der Waals surface area contributed by atoms with E-state index in [2.05, 4.69) is 20.7 Å². The van der Waals surface area contributed by atoms with E-state index in [1.165, 1.54) is 17.7 Å². The first kappa shape index (κ1) is 27.5. The van der Waals surface area contributed by atoms with Crippen LogP contribution in [0.4, 0.5) is 23.2 Å². The molecule has 1 N–H and O–H groups in total. The van der Waals surface area contributed by atoms with E-state index in [4.69, 9.17) is 0 Å². The maximum Gasteiger partial charge on any atom is 0.419 e. The summed E-state index contributed by atoms with van der Waals surface area (Å²) in [7, 11) is 1.82. The Labute approximate surface area is 228 Å². The van der Waals surface area contributed by atoms with E-state index in [0.717, 1.165) is 29.7 Å². The van der Waals surface area contributed by atoms with Gasteiger partial charge < -0.3 is 5.32 Å². The van der Waals surface area contributed by atoms with Crippen molar-refractivity contribution >= 4 is 11.6 Å². The zero-order valence-corrected chi connectivity index (χ0v) is 22.6. The molecule has 0 spiro atoms. The highest BCUT2D eigenvalue weighted by atomic mass is 19.4. The van der Waals surface area contributed by atoms with E-state index in [0.29, 0.717) is 24.5 Å². The highest BCUT2D eigenvalue weighted by molar-refractivity contribution is 6.05. The number of amides is 1. The van der Waals surface area contributed by atoms with Gasteiger partial charge in [-0.25, -0.2) is 9.07 Å². The van der Waals surface area contributed by atoms with Gasteiger partial charge in [0.2, 0.25) is 0 Å². The average Bonchev–Trinajstić information content (AvgIpc) is 3.64. The summed E-state index contributed by atoms with van der Waals surface area (Å²) in [5.74, 6) is -1.92. The number of hydrogen-bond acceptors (Lipinski definition) is 5. The fraction of sp³-hybridized carbons (Fsp3) is 0.357. The van der Waals surface area contributed by atoms with Crippen molar-refractivity contribution in [3.8, 4) is 16.9 Å². The molecule has 0 aliphatic carbocycles. The molecule has 40 heavy (non-hydrogen) atoms. The second kappa shape index (κ2) is 10.5. The van der Waals surface area contributed by atoms with Crippen LogP contribution in [0.5, 0.6) is 0 Å². The standard InChI is InChI=1S/C28H29F4N7O/c1-16-7-8-19(12-24(16)39-15-23(35-36-39)21-13-33-37(4)18(21)3)27(40)34-22-11-20(14-38-9-5-6-10-38)26(29)25(17(22)2)28(30,31)32/h7-8,11-13,15H,5-6,9-10,14H2,1-4H3,(H,34,40). The second-order valence-corrected chi connectivity index (χ2v) is 10.1. The molecule has 8 nitrogen and oxygen atoms in total. The van der Waals surface area contributed by atoms with Crippen molar-refractivity contribution in [2.75, 3.05) is 18.4 Å². The van der Waals surface area contributed by atoms with Crippen molar-refractivity contribution in [3.63, 3.8) is 0 Å². The van der Waals surface area contributed by atoms with Crippen LogP contribution in [-0.4, -0.2) is 48.7 Å². The number of carbonyl (C=O) groups excluding carboxylic acids is 1. The van der Waals surface area contributed by atoms with E-state index in [9.17, 15) is 18.0 Å². The summed E-state index contributed by atoms with van der Waals surface area (Å²) in [6.45, 7) is 6.34. The predicted octanol–water partition coefficient (Wildman–Crippen LogP) is 5.60. The van der Waals surface area contributed by atoms with Crippen LogP contribution in [-0.2, 0) is 19.8 Å². The number of anilines is 1. The van der Waals surface area contributed by atoms with Gasteiger partial charge in [0.05, 0.1) is 23.6 Å². The average molecular weight is 556 g/mol. The molecule has 0 radical (unpaired) electrons. The molecule has 5 rings (SSSR count). The molecule has 4 aromatic rings. The summed E-state index contributed by atoms with van der Waals surface area (Å²) in [6, 6.07) is 6.20. The number of rotatable bonds is 6. The van der Waals surface area contributed by atoms with Crippen LogP contribution >= 0.6 is 0 Å². The molecular weight excluding hydrogens is 526 g/mol. The quantitative estimate of drug-likeness (QED) is 0.314. The lowest BCUT2D eigenvalue weighted by molar-refractivity contribution is -0.140. The maximum absolute atomic E-state index is 15.1. The van der Waals surface area contributed by atoms with Crippen LogP contribution in [0.2, 0.25) is 0 Å². The zero-order chi connectivity index (χ0) is 28.8. The summed E-state index contributed by atoms with van der Waals surface area (Å²) < 4.78 is 60.0. The van der Waals surface area contributed by atoms with Gasteiger partial charge in [0, 0.05) is 41.7 Å². The van der Waals surface area contributed by atoms with Crippen LogP contribution in [0, 0.1) is 26.6 Å². The lowest BCUT2D eigenvalue weighted by Crippen LogP contribution is -2.23. The number of nitrogens with zero attached hydrogens (tertiary/aromatic N) is 6. The Balaban J connectivity index is 1.46. The van der Waals surface area contributed by atoms with Gasteiger partial charge >= 0.3 is 6.18 Å². The first-order valence-electron chi connectivity index (χ1n) is 12.9. The Bertz CT molecular complexity index is 1580. The molecule has 1 aliphatic rings. The van der Waals surface area contributed by atoms with Crippen LogP contribution in [0.15, 0.2) is 36.7 Å². The van der Waals surface area contributed by atoms with Gasteiger partial charge in [-0.2, -0.15) is 18.3 Å². The number of aryl methyl sites for hydroxylation is 2. The Morgan fingerprint density at radius 3 is 2.48 bits per heavy atom. The fourth-order valence-corrected chi connectivity index (χ4v) is 5.02. The van der Waals surface area contributed by atoms with Crippen molar-refractivity contribution in [2.45, 2.75) is 46.3 Å². The highest BCUT2D eigenvalue weighted by Gasteiger charge is 2.38. The molecule has 0 unspecified atom stereocenters. The molecule has 0 saturated carbocycles. The number of hydrogen-bond donors (Lipinski definition) is 1. The first-order valence-corrected chi connectivity index (χ1v) is 12.9. The lowest BCUT2D eigenvalue weighted by Gasteiger charge is -2.21. The van der Waals surface area contributed by atoms with Crippen LogP contribution < -0.4 is 5.32 Å². The Hall–Kier alpha value is -4.06. The monoisotopic (exact) mass is 555 g/mol. The molecule has 1 aliphatic heterocycles. The van der Waals surface area contributed by atoms with Crippen molar-refractivity contribution in [1.29, 1.82) is 0 Å². The van der Waals surface area contributed by atoms with Crippen LogP contribution in [0.25, 0.3) is 16.9 Å². The van der Waals surface area contributed by atoms with Crippen LogP contribution in [0.1, 0.15) is 51.1 Å². The smallest absolute Gasteiger partial charge is 0.322 e. The second-order valence-electron chi connectivity index (χ2n) is 10.1. The number of alkyl halides is 3. The molecule has 0 atom stereocenters. The van der Waals surface area contributed by atoms with E-state index >= 15 is 4.39 Å². The van der Waals surface area contributed by atoms with Crippen LogP contribution in [0.3, 0.4) is 0 Å². The minimum atomic E-state index is -4.91. The molecule has 210 valence electrons. The molecule has 2 aromatic heterocycles. The topological polar surface area (TPSA) is 80.9 Å². The molecule has 3 heterocycles. The number of halogens is 4. The van der Waals surface area contributed by atoms with Gasteiger partial charge in [0.25, 0.3) is 5.91 Å². The minimum absolute atomic E-state index is 0.0395. The van der Waals surface area contributed by atoms with Gasteiger partial charge in [-0.05, 0) is 76.0 Å². The summed E-state index contributed by atoms with van der Waals surface area (Å²) in [6.07, 6.45) is 0.322. The number of aromatic nitrogens is 5. The van der Waals surface area contributed by atoms with Crippen molar-refractivity contribution in [2.24, 2.45) is 7.05 Å². The molecule has 1 amide bonds. The third kappa shape index (κ3) is 5.23. The zero-order valence-electron chi connectivity index (χ0n) is 22.6. The normalized spacial score (nSPS) is 14.2. The van der Waals surface area contributed by atoms with Crippen molar-refractivity contribution in [3.05, 3.63) is 76.0 Å². The van der Waals surface area contributed by atoms with E-state index in [-0.39, 0.29) is 28.9 Å². The molecule has 1 fully saturated rings. The van der Waals surface area contributed by atoms with Gasteiger partial charge in [-0.15, -0.1) is 5.10 Å². The van der Waals surface area contributed by atoms with E-state index < -0.39 is 23.5 Å². The van der Waals surface area contributed by atoms with Gasteiger partial charge in [-0.1, -0.05) is 11.3 Å². The summed E-state index contributed by atoms with van der Waals surface area (Å²) in [5, 5.41) is 15.3. The third-order valence-corrected chi connectivity index (χ3v) is 7.45. The molecule has 2 aromatic carbocycles. The Morgan fingerprint density at radius 2 is 1.82 bits per heavy atom. The third-order valence-electron chi connectivity index (χ3n) is 7.45. The molecule has 12 heteroatoms. The summed E-state index contributed by atoms with van der Waals surface area (Å²) in [4.78, 5) is 15.2. The predicted molar refractivity (Wildman–Crippen MR) is 142 cm³/mol. The summed E-state index contributed by atoms with van der Waals surface area (Å²) in [5.41, 5.74) is 2.02. The SMILES string of the molecule is Cc1ccc(C(=O)Nc2cc(CN3CCCC3)c(F)c(C(F)(F)F)c2C)cc1-n1cc(-c2cnn(C)c2C)nn1. The maximum atomic E-state index is 15.1. The number of carbonyl (C=O) groups is 1.